The van der Waals surface area contributed by atoms with Crippen molar-refractivity contribution in [2.75, 3.05) is 6.54 Å². The van der Waals surface area contributed by atoms with Crippen molar-refractivity contribution in [1.29, 1.82) is 0 Å². The van der Waals surface area contributed by atoms with Gasteiger partial charge in [-0.3, -0.25) is 4.99 Å². The Labute approximate surface area is 50.3 Å². The number of hydrogen-bond acceptors (Lipinski definition) is 2. The third-order valence-electron chi connectivity index (χ3n) is 0.591. The van der Waals surface area contributed by atoms with E-state index in [0.29, 0.717) is 0 Å². The molecule has 0 fully saturated rings. The van der Waals surface area contributed by atoms with E-state index in [9.17, 15) is 0 Å². The molecule has 1 heterocycles. The van der Waals surface area contributed by atoms with E-state index < -0.39 is 0 Å². The third kappa shape index (κ3) is 3.40. The lowest BCUT2D eigenvalue weighted by molar-refractivity contribution is 1.14. The van der Waals surface area contributed by atoms with Gasteiger partial charge in [0.1, 0.15) is 0 Å². The second kappa shape index (κ2) is 6.21. The van der Waals surface area contributed by atoms with Crippen molar-refractivity contribution >= 4 is 6.34 Å². The zero-order valence-electron chi connectivity index (χ0n) is 5.39. The lowest BCUT2D eigenvalue weighted by Crippen LogP contribution is -2.04. The van der Waals surface area contributed by atoms with Crippen molar-refractivity contribution in [1.82, 2.24) is 5.32 Å². The topological polar surface area (TPSA) is 24.4 Å². The van der Waals surface area contributed by atoms with Gasteiger partial charge in [-0.25, -0.2) is 0 Å². The summed E-state index contributed by atoms with van der Waals surface area (Å²) in [5.74, 6) is 0. The lowest BCUT2D eigenvalue weighted by Gasteiger charge is -1.91. The van der Waals surface area contributed by atoms with Crippen molar-refractivity contribution in [3.8, 4) is 0 Å². The second-order valence-corrected chi connectivity index (χ2v) is 1.06. The Morgan fingerprint density at radius 1 is 1.50 bits per heavy atom. The molecule has 0 aliphatic carbocycles. The lowest BCUT2D eigenvalue weighted by atomic mass is 10.6. The molecule has 0 amide bonds. The van der Waals surface area contributed by atoms with Crippen molar-refractivity contribution in [2.45, 2.75) is 13.8 Å². The molecule has 0 radical (unpaired) electrons. The van der Waals surface area contributed by atoms with Gasteiger partial charge in [0.05, 0.1) is 12.9 Å². The van der Waals surface area contributed by atoms with Crippen LogP contribution in [0.3, 0.4) is 0 Å². The molecule has 0 saturated carbocycles. The highest BCUT2D eigenvalue weighted by molar-refractivity contribution is 5.56. The fourth-order valence-corrected chi connectivity index (χ4v) is 0.330. The summed E-state index contributed by atoms with van der Waals surface area (Å²) in [6.07, 6.45) is 5.51. The standard InChI is InChI=1S/C4H6N2.C2H6/c1-2-5-4-6-3-1;1-2/h1-2,4H,3H2,(H,5,6);1-2H3. The molecule has 0 atom stereocenters. The molecule has 0 spiro atoms. The van der Waals surface area contributed by atoms with Gasteiger partial charge in [0.2, 0.25) is 0 Å². The maximum atomic E-state index is 3.85. The maximum absolute atomic E-state index is 3.85. The summed E-state index contributed by atoms with van der Waals surface area (Å²) in [6.45, 7) is 4.83. The van der Waals surface area contributed by atoms with E-state index in [0.717, 1.165) is 6.54 Å². The van der Waals surface area contributed by atoms with E-state index in [-0.39, 0.29) is 0 Å². The Bertz CT molecular complexity index is 64.5. The van der Waals surface area contributed by atoms with Crippen LogP contribution >= 0.6 is 0 Å². The zero-order valence-corrected chi connectivity index (χ0v) is 5.39. The normalized spacial score (nSPS) is 13.8. The first-order chi connectivity index (χ1) is 4.00. The molecule has 8 heavy (non-hydrogen) atoms. The molecule has 1 aliphatic heterocycles. The predicted molar refractivity (Wildman–Crippen MR) is 37.0 cm³/mol. The summed E-state index contributed by atoms with van der Waals surface area (Å²) < 4.78 is 0. The molecule has 0 bridgehead atoms. The Balaban J connectivity index is 0.000000222. The van der Waals surface area contributed by atoms with E-state index in [1.54, 1.807) is 6.34 Å². The molecule has 2 nitrogen and oxygen atoms in total. The van der Waals surface area contributed by atoms with Crippen LogP contribution in [0.5, 0.6) is 0 Å². The molecule has 2 heteroatoms. The fraction of sp³-hybridized carbons (Fsp3) is 0.500. The predicted octanol–water partition coefficient (Wildman–Crippen LogP) is 1.16. The molecule has 0 aromatic carbocycles. The first-order valence-corrected chi connectivity index (χ1v) is 2.89. The van der Waals surface area contributed by atoms with Crippen molar-refractivity contribution < 1.29 is 0 Å². The largest absolute Gasteiger partial charge is 0.353 e. The molecular formula is C6H12N2. The molecule has 0 unspecified atom stereocenters. The van der Waals surface area contributed by atoms with E-state index in [2.05, 4.69) is 10.3 Å². The van der Waals surface area contributed by atoms with Crippen LogP contribution in [0.4, 0.5) is 0 Å². The van der Waals surface area contributed by atoms with Crippen LogP contribution in [0, 0.1) is 0 Å². The first kappa shape index (κ1) is 7.21. The van der Waals surface area contributed by atoms with Gasteiger partial charge in [-0.15, -0.1) is 0 Å². The van der Waals surface area contributed by atoms with E-state index in [4.69, 9.17) is 0 Å². The molecule has 1 aliphatic rings. The van der Waals surface area contributed by atoms with Gasteiger partial charge < -0.3 is 5.32 Å². The zero-order chi connectivity index (χ0) is 6.24. The van der Waals surface area contributed by atoms with Gasteiger partial charge in [0, 0.05) is 0 Å². The first-order valence-electron chi connectivity index (χ1n) is 2.89. The van der Waals surface area contributed by atoms with Gasteiger partial charge >= 0.3 is 0 Å². The molecule has 0 saturated heterocycles. The van der Waals surface area contributed by atoms with Crippen molar-refractivity contribution in [3.05, 3.63) is 12.3 Å². The highest BCUT2D eigenvalue weighted by Gasteiger charge is 1.73. The number of hydrogen-bond donors (Lipinski definition) is 1. The molecule has 1 N–H and O–H groups in total. The highest BCUT2D eigenvalue weighted by atomic mass is 14.9. The van der Waals surface area contributed by atoms with Crippen LogP contribution in [-0.2, 0) is 0 Å². The smallest absolute Gasteiger partial charge is 0.0867 e. The average molecular weight is 112 g/mol. The van der Waals surface area contributed by atoms with Crippen LogP contribution in [0.25, 0.3) is 0 Å². The third-order valence-corrected chi connectivity index (χ3v) is 0.591. The molecule has 46 valence electrons. The van der Waals surface area contributed by atoms with Crippen molar-refractivity contribution in [3.63, 3.8) is 0 Å². The summed E-state index contributed by atoms with van der Waals surface area (Å²) in [4.78, 5) is 3.85. The van der Waals surface area contributed by atoms with Crippen LogP contribution in [0.15, 0.2) is 17.3 Å². The molecule has 1 rings (SSSR count). The maximum Gasteiger partial charge on any atom is 0.0867 e. The number of nitrogens with zero attached hydrogens (tertiary/aromatic N) is 1. The Morgan fingerprint density at radius 2 is 2.25 bits per heavy atom. The summed E-state index contributed by atoms with van der Waals surface area (Å²) in [5.41, 5.74) is 0. The molecular weight excluding hydrogens is 100 g/mol. The number of rotatable bonds is 0. The van der Waals surface area contributed by atoms with Crippen molar-refractivity contribution in [2.24, 2.45) is 4.99 Å². The summed E-state index contributed by atoms with van der Waals surface area (Å²) >= 11 is 0. The average Bonchev–Trinajstić information content (AvgIpc) is 1.96. The summed E-state index contributed by atoms with van der Waals surface area (Å²) in [7, 11) is 0. The summed E-state index contributed by atoms with van der Waals surface area (Å²) in [6, 6.07) is 0. The molecule has 0 aromatic rings. The van der Waals surface area contributed by atoms with Crippen LogP contribution in [0.2, 0.25) is 0 Å². The van der Waals surface area contributed by atoms with E-state index >= 15 is 0 Å². The van der Waals surface area contributed by atoms with Gasteiger partial charge in [0.15, 0.2) is 0 Å². The van der Waals surface area contributed by atoms with Gasteiger partial charge in [-0.1, -0.05) is 13.8 Å². The Morgan fingerprint density at radius 3 is 2.38 bits per heavy atom. The summed E-state index contributed by atoms with van der Waals surface area (Å²) in [5, 5.41) is 2.81. The van der Waals surface area contributed by atoms with Crippen LogP contribution in [-0.4, -0.2) is 12.9 Å². The van der Waals surface area contributed by atoms with Crippen LogP contribution in [0.1, 0.15) is 13.8 Å². The second-order valence-electron chi connectivity index (χ2n) is 1.06. The monoisotopic (exact) mass is 112 g/mol. The highest BCUT2D eigenvalue weighted by Crippen LogP contribution is 1.73. The van der Waals surface area contributed by atoms with Crippen LogP contribution < -0.4 is 5.32 Å². The number of aliphatic imine (C=N–C) groups is 1. The minimum atomic E-state index is 0.826. The quantitative estimate of drug-likeness (QED) is 0.499. The SMILES string of the molecule is C1=CNC=NC1.CC. The Kier molecular flexibility index (Phi) is 5.60. The number of nitrogens with one attached hydrogen (secondary N) is 1. The molecule has 0 aromatic heterocycles. The Hall–Kier alpha value is -0.790. The van der Waals surface area contributed by atoms with Gasteiger partial charge in [0.25, 0.3) is 0 Å². The van der Waals surface area contributed by atoms with E-state index in [1.807, 2.05) is 26.1 Å². The van der Waals surface area contributed by atoms with Gasteiger partial charge in [-0.05, 0) is 12.3 Å². The van der Waals surface area contributed by atoms with E-state index in [1.165, 1.54) is 0 Å². The fourth-order valence-electron chi connectivity index (χ4n) is 0.330. The minimum Gasteiger partial charge on any atom is -0.353 e. The minimum absolute atomic E-state index is 0.826. The van der Waals surface area contributed by atoms with Gasteiger partial charge in [-0.2, -0.15) is 0 Å².